The van der Waals surface area contributed by atoms with Gasteiger partial charge in [0.1, 0.15) is 22.9 Å². The Hall–Kier alpha value is -3.84. The maximum Gasteiger partial charge on any atom is 0.403 e. The molecule has 266 valence electrons. The minimum Gasteiger partial charge on any atom is -0.494 e. The van der Waals surface area contributed by atoms with Crippen LogP contribution >= 0.6 is 0 Å². The number of hydrogen-bond acceptors (Lipinski definition) is 6. The van der Waals surface area contributed by atoms with E-state index in [4.69, 9.17) is 9.72 Å². The smallest absolute Gasteiger partial charge is 0.403 e. The summed E-state index contributed by atoms with van der Waals surface area (Å²) in [5.74, 6) is -2.39. The predicted octanol–water partition coefficient (Wildman–Crippen LogP) is 6.55. The Bertz CT molecular complexity index is 1650. The normalized spacial score (nSPS) is 19.1. The number of rotatable bonds is 11. The van der Waals surface area contributed by atoms with E-state index in [1.165, 1.54) is 4.90 Å². The van der Waals surface area contributed by atoms with E-state index in [9.17, 15) is 36.6 Å². The number of halogens is 5. The second-order valence-corrected chi connectivity index (χ2v) is 14.0. The monoisotopic (exact) mass is 690 g/mol. The van der Waals surface area contributed by atoms with Crippen molar-refractivity contribution in [3.05, 3.63) is 59.8 Å². The molecule has 0 saturated carbocycles. The van der Waals surface area contributed by atoms with E-state index in [2.05, 4.69) is 24.1 Å². The standard InChI is InChI=1S/C36H43F5N4O4/c1-34(2)10-14-44(15-11-34)21-23-18-29(49-3)31(42-20-23)27-9-5-7-25-24(6-4-8-26(25)27)19-28(32(46)47)43-33(48)35(36(39,40)41)12-16-45(17-13-35)22-30(37)38/h4-9,18,20,28,30H,10-17,19,21-22H2,1-3H3,(H,43,48)(H,46,47)/t28-/m0/s1. The van der Waals surface area contributed by atoms with Gasteiger partial charge in [0.2, 0.25) is 5.91 Å². The second kappa shape index (κ2) is 14.6. The molecule has 13 heteroatoms. The summed E-state index contributed by atoms with van der Waals surface area (Å²) in [6, 6.07) is 11.0. The molecule has 2 fully saturated rings. The Morgan fingerprint density at radius 1 is 0.980 bits per heavy atom. The van der Waals surface area contributed by atoms with Gasteiger partial charge in [0.05, 0.1) is 13.7 Å². The summed E-state index contributed by atoms with van der Waals surface area (Å²) in [7, 11) is 1.57. The summed E-state index contributed by atoms with van der Waals surface area (Å²) < 4.78 is 74.5. The number of likely N-dealkylation sites (tertiary alicyclic amines) is 2. The van der Waals surface area contributed by atoms with Crippen molar-refractivity contribution in [2.24, 2.45) is 10.8 Å². The fraction of sp³-hybridized carbons (Fsp3) is 0.528. The molecule has 2 aliphatic heterocycles. The molecule has 2 aromatic carbocycles. The number of methoxy groups -OCH3 is 1. The number of alkyl halides is 5. The lowest BCUT2D eigenvalue weighted by Gasteiger charge is -2.41. The molecule has 0 radical (unpaired) electrons. The van der Waals surface area contributed by atoms with Crippen molar-refractivity contribution in [1.29, 1.82) is 0 Å². The molecule has 0 spiro atoms. The minimum absolute atomic E-state index is 0.288. The number of carbonyl (C=O) groups is 2. The van der Waals surface area contributed by atoms with Gasteiger partial charge in [-0.3, -0.25) is 19.6 Å². The van der Waals surface area contributed by atoms with E-state index < -0.39 is 55.3 Å². The van der Waals surface area contributed by atoms with Gasteiger partial charge in [-0.1, -0.05) is 50.2 Å². The number of nitrogens with one attached hydrogen (secondary N) is 1. The van der Waals surface area contributed by atoms with Gasteiger partial charge in [0, 0.05) is 24.7 Å². The van der Waals surface area contributed by atoms with Gasteiger partial charge in [-0.25, -0.2) is 13.6 Å². The van der Waals surface area contributed by atoms with Crippen LogP contribution in [0, 0.1) is 10.8 Å². The quantitative estimate of drug-likeness (QED) is 0.220. The Kier molecular flexibility index (Phi) is 10.8. The highest BCUT2D eigenvalue weighted by atomic mass is 19.4. The average Bonchev–Trinajstić information content (AvgIpc) is 3.04. The van der Waals surface area contributed by atoms with E-state index in [1.54, 1.807) is 31.4 Å². The number of carbonyl (C=O) groups excluding carboxylic acids is 1. The van der Waals surface area contributed by atoms with E-state index >= 15 is 0 Å². The first-order valence-corrected chi connectivity index (χ1v) is 16.5. The third-order valence-corrected chi connectivity index (χ3v) is 10.1. The summed E-state index contributed by atoms with van der Waals surface area (Å²) >= 11 is 0. The van der Waals surface area contributed by atoms with Crippen molar-refractivity contribution in [1.82, 2.24) is 20.1 Å². The number of aromatic nitrogens is 1. The van der Waals surface area contributed by atoms with Crippen molar-refractivity contribution >= 4 is 22.6 Å². The third kappa shape index (κ3) is 8.15. The summed E-state index contributed by atoms with van der Waals surface area (Å²) in [6.45, 7) is 5.88. The molecule has 2 N–H and O–H groups in total. The van der Waals surface area contributed by atoms with Gasteiger partial charge in [-0.05, 0) is 85.2 Å². The fourth-order valence-electron chi connectivity index (χ4n) is 6.93. The Labute approximate surface area is 282 Å². The van der Waals surface area contributed by atoms with Crippen LogP contribution in [0.2, 0.25) is 0 Å². The molecule has 1 amide bonds. The fourth-order valence-corrected chi connectivity index (χ4v) is 6.93. The van der Waals surface area contributed by atoms with Crippen LogP contribution in [0.4, 0.5) is 22.0 Å². The largest absolute Gasteiger partial charge is 0.494 e. The maximum absolute atomic E-state index is 14.4. The van der Waals surface area contributed by atoms with E-state index in [0.29, 0.717) is 27.8 Å². The zero-order valence-electron chi connectivity index (χ0n) is 28.0. The number of amides is 1. The lowest BCUT2D eigenvalue weighted by molar-refractivity contribution is -0.233. The van der Waals surface area contributed by atoms with Crippen LogP contribution in [0.5, 0.6) is 5.75 Å². The van der Waals surface area contributed by atoms with E-state index in [-0.39, 0.29) is 19.5 Å². The molecule has 0 aliphatic carbocycles. The predicted molar refractivity (Wildman–Crippen MR) is 175 cm³/mol. The van der Waals surface area contributed by atoms with Crippen molar-refractivity contribution < 1.29 is 41.4 Å². The highest BCUT2D eigenvalue weighted by Crippen LogP contribution is 2.47. The average molecular weight is 691 g/mol. The SMILES string of the molecule is COc1cc(CN2CCC(C)(C)CC2)cnc1-c1cccc2c(C[C@H](NC(=O)C3(C(F)(F)F)CCN(CC(F)F)CC3)C(=O)O)cccc12. The van der Waals surface area contributed by atoms with Crippen LogP contribution in [0.15, 0.2) is 48.7 Å². The van der Waals surface area contributed by atoms with Gasteiger partial charge in [-0.2, -0.15) is 13.2 Å². The number of aliphatic carboxylic acids is 1. The van der Waals surface area contributed by atoms with Crippen molar-refractivity contribution in [3.8, 4) is 17.0 Å². The van der Waals surface area contributed by atoms with Crippen LogP contribution in [-0.4, -0.2) is 90.2 Å². The molecule has 0 bridgehead atoms. The number of carboxylic acids is 1. The summed E-state index contributed by atoms with van der Waals surface area (Å²) in [4.78, 5) is 34.0. The molecular formula is C36H43F5N4O4. The summed E-state index contributed by atoms with van der Waals surface area (Å²) in [6.07, 6.45) is -5.45. The third-order valence-electron chi connectivity index (χ3n) is 10.1. The first-order chi connectivity index (χ1) is 23.1. The lowest BCUT2D eigenvalue weighted by Crippen LogP contribution is -2.59. The number of fused-ring (bicyclic) bond motifs is 1. The molecular weight excluding hydrogens is 647 g/mol. The van der Waals surface area contributed by atoms with E-state index in [0.717, 1.165) is 49.0 Å². The first kappa shape index (κ1) is 36.4. The Morgan fingerprint density at radius 3 is 2.22 bits per heavy atom. The zero-order chi connectivity index (χ0) is 35.6. The zero-order valence-corrected chi connectivity index (χ0v) is 28.0. The van der Waals surface area contributed by atoms with Gasteiger partial charge in [0.15, 0.2) is 0 Å². The van der Waals surface area contributed by atoms with Gasteiger partial charge < -0.3 is 15.2 Å². The number of nitrogens with zero attached hydrogens (tertiary/aromatic N) is 3. The molecule has 2 aliphatic rings. The molecule has 49 heavy (non-hydrogen) atoms. The summed E-state index contributed by atoms with van der Waals surface area (Å²) in [5, 5.41) is 13.6. The molecule has 2 saturated heterocycles. The van der Waals surface area contributed by atoms with E-state index in [1.807, 2.05) is 24.4 Å². The number of hydrogen-bond donors (Lipinski definition) is 2. The van der Waals surface area contributed by atoms with Crippen LogP contribution in [0.3, 0.4) is 0 Å². The van der Waals surface area contributed by atoms with Crippen LogP contribution < -0.4 is 10.1 Å². The lowest BCUT2D eigenvalue weighted by atomic mass is 9.76. The number of ether oxygens (including phenoxy) is 1. The van der Waals surface area contributed by atoms with Crippen LogP contribution in [0.1, 0.15) is 50.7 Å². The van der Waals surface area contributed by atoms with Crippen molar-refractivity contribution in [2.45, 2.75) is 71.1 Å². The molecule has 3 heterocycles. The molecule has 0 unspecified atom stereocenters. The Morgan fingerprint density at radius 2 is 1.61 bits per heavy atom. The first-order valence-electron chi connectivity index (χ1n) is 16.5. The van der Waals surface area contributed by atoms with Gasteiger partial charge in [0.25, 0.3) is 6.43 Å². The number of pyridine rings is 1. The van der Waals surface area contributed by atoms with Gasteiger partial charge in [-0.15, -0.1) is 0 Å². The number of piperidine rings is 2. The maximum atomic E-state index is 14.4. The van der Waals surface area contributed by atoms with Gasteiger partial charge >= 0.3 is 12.1 Å². The number of benzene rings is 2. The minimum atomic E-state index is -5.00. The summed E-state index contributed by atoms with van der Waals surface area (Å²) in [5.41, 5.74) is 0.278. The molecule has 5 rings (SSSR count). The van der Waals surface area contributed by atoms with Crippen molar-refractivity contribution in [3.63, 3.8) is 0 Å². The molecule has 3 aromatic rings. The topological polar surface area (TPSA) is 95.0 Å². The Balaban J connectivity index is 1.38. The second-order valence-electron chi connectivity index (χ2n) is 14.0. The highest BCUT2D eigenvalue weighted by Gasteiger charge is 2.61. The highest BCUT2D eigenvalue weighted by molar-refractivity contribution is 5.99. The molecule has 8 nitrogen and oxygen atoms in total. The molecule has 1 atom stereocenters. The number of carboxylic acid groups (broad SMARTS) is 1. The molecule has 1 aromatic heterocycles. The van der Waals surface area contributed by atoms with Crippen molar-refractivity contribution in [2.75, 3.05) is 39.8 Å². The van der Waals surface area contributed by atoms with Crippen LogP contribution in [-0.2, 0) is 22.6 Å². The van der Waals surface area contributed by atoms with Crippen LogP contribution in [0.25, 0.3) is 22.0 Å².